The Morgan fingerprint density at radius 3 is 2.67 bits per heavy atom. The SMILES string of the molecule is CC(Oc1cccc(Cl)c1)C(Cc1cccc(F)c1)NN. The smallest absolute Gasteiger partial charge is 0.123 e. The molecule has 0 saturated carbocycles. The van der Waals surface area contributed by atoms with Crippen LogP contribution >= 0.6 is 11.6 Å². The first-order valence-electron chi connectivity index (χ1n) is 6.71. The number of ether oxygens (including phenoxy) is 1. The van der Waals surface area contributed by atoms with Crippen molar-refractivity contribution < 1.29 is 9.13 Å². The molecule has 3 N–H and O–H groups in total. The van der Waals surface area contributed by atoms with Crippen LogP contribution in [0.3, 0.4) is 0 Å². The van der Waals surface area contributed by atoms with Gasteiger partial charge in [-0.3, -0.25) is 11.3 Å². The van der Waals surface area contributed by atoms with Gasteiger partial charge in [-0.2, -0.15) is 0 Å². The molecule has 2 atom stereocenters. The molecule has 2 aromatic carbocycles. The standard InChI is InChI=1S/C16H18ClFN2O/c1-11(21-15-7-3-5-13(17)10-15)16(20-19)9-12-4-2-6-14(18)8-12/h2-8,10-11,16,20H,9,19H2,1H3. The molecule has 0 saturated heterocycles. The van der Waals surface area contributed by atoms with Gasteiger partial charge in [0.1, 0.15) is 17.7 Å². The quantitative estimate of drug-likeness (QED) is 0.636. The van der Waals surface area contributed by atoms with Crippen molar-refractivity contribution in [3.63, 3.8) is 0 Å². The molecule has 2 aromatic rings. The summed E-state index contributed by atoms with van der Waals surface area (Å²) in [6.45, 7) is 1.91. The molecule has 5 heteroatoms. The average Bonchev–Trinajstić information content (AvgIpc) is 2.44. The van der Waals surface area contributed by atoms with Crippen molar-refractivity contribution in [3.05, 3.63) is 64.9 Å². The van der Waals surface area contributed by atoms with E-state index >= 15 is 0 Å². The number of nitrogens with two attached hydrogens (primary N) is 1. The second kappa shape index (κ2) is 7.41. The second-order valence-corrected chi connectivity index (χ2v) is 5.32. The van der Waals surface area contributed by atoms with Crippen molar-refractivity contribution in [2.75, 3.05) is 0 Å². The van der Waals surface area contributed by atoms with Gasteiger partial charge in [0.2, 0.25) is 0 Å². The van der Waals surface area contributed by atoms with E-state index in [1.165, 1.54) is 12.1 Å². The minimum Gasteiger partial charge on any atom is -0.489 e. The van der Waals surface area contributed by atoms with Gasteiger partial charge in [-0.25, -0.2) is 4.39 Å². The van der Waals surface area contributed by atoms with E-state index in [9.17, 15) is 4.39 Å². The normalized spacial score (nSPS) is 13.7. The lowest BCUT2D eigenvalue weighted by molar-refractivity contribution is 0.169. The van der Waals surface area contributed by atoms with Crippen LogP contribution < -0.4 is 16.0 Å². The number of halogens is 2. The van der Waals surface area contributed by atoms with Crippen LogP contribution in [0.1, 0.15) is 12.5 Å². The summed E-state index contributed by atoms with van der Waals surface area (Å²) in [4.78, 5) is 0. The highest BCUT2D eigenvalue weighted by Crippen LogP contribution is 2.20. The zero-order valence-corrected chi connectivity index (χ0v) is 12.5. The summed E-state index contributed by atoms with van der Waals surface area (Å²) in [6, 6.07) is 13.5. The Labute approximate surface area is 128 Å². The predicted octanol–water partition coefficient (Wildman–Crippen LogP) is 3.32. The molecule has 2 rings (SSSR count). The van der Waals surface area contributed by atoms with Crippen LogP contribution in [-0.2, 0) is 6.42 Å². The zero-order valence-electron chi connectivity index (χ0n) is 11.7. The fraction of sp³-hybridized carbons (Fsp3) is 0.250. The minimum absolute atomic E-state index is 0.147. The third-order valence-electron chi connectivity index (χ3n) is 3.24. The van der Waals surface area contributed by atoms with E-state index < -0.39 is 0 Å². The molecule has 21 heavy (non-hydrogen) atoms. The maximum Gasteiger partial charge on any atom is 0.123 e. The van der Waals surface area contributed by atoms with Gasteiger partial charge in [0.15, 0.2) is 0 Å². The maximum atomic E-state index is 13.2. The largest absolute Gasteiger partial charge is 0.489 e. The van der Waals surface area contributed by atoms with Crippen molar-refractivity contribution in [2.45, 2.75) is 25.5 Å². The van der Waals surface area contributed by atoms with E-state index in [1.54, 1.807) is 18.2 Å². The van der Waals surface area contributed by atoms with E-state index in [0.717, 1.165) is 5.56 Å². The molecular weight excluding hydrogens is 291 g/mol. The summed E-state index contributed by atoms with van der Waals surface area (Å²) in [7, 11) is 0. The number of hydrogen-bond acceptors (Lipinski definition) is 3. The number of hydrazine groups is 1. The number of benzene rings is 2. The van der Waals surface area contributed by atoms with Gasteiger partial charge < -0.3 is 4.74 Å². The molecule has 0 aliphatic rings. The van der Waals surface area contributed by atoms with Gasteiger partial charge in [-0.15, -0.1) is 0 Å². The lowest BCUT2D eigenvalue weighted by Gasteiger charge is -2.24. The predicted molar refractivity (Wildman–Crippen MR) is 82.8 cm³/mol. The second-order valence-electron chi connectivity index (χ2n) is 4.89. The molecule has 2 unspecified atom stereocenters. The lowest BCUT2D eigenvalue weighted by atomic mass is 10.0. The lowest BCUT2D eigenvalue weighted by Crippen LogP contribution is -2.46. The van der Waals surface area contributed by atoms with E-state index in [-0.39, 0.29) is 18.0 Å². The van der Waals surface area contributed by atoms with Crippen LogP contribution in [-0.4, -0.2) is 12.1 Å². The van der Waals surface area contributed by atoms with Crippen molar-refractivity contribution in [1.82, 2.24) is 5.43 Å². The van der Waals surface area contributed by atoms with Crippen molar-refractivity contribution in [3.8, 4) is 5.75 Å². The monoisotopic (exact) mass is 308 g/mol. The molecule has 3 nitrogen and oxygen atoms in total. The molecule has 0 bridgehead atoms. The fourth-order valence-corrected chi connectivity index (χ4v) is 2.30. The molecular formula is C16H18ClFN2O. The van der Waals surface area contributed by atoms with Gasteiger partial charge in [-0.05, 0) is 49.2 Å². The molecule has 0 amide bonds. The van der Waals surface area contributed by atoms with Crippen molar-refractivity contribution in [1.29, 1.82) is 0 Å². The highest BCUT2D eigenvalue weighted by atomic mass is 35.5. The topological polar surface area (TPSA) is 47.3 Å². The van der Waals surface area contributed by atoms with Gasteiger partial charge in [0.05, 0.1) is 6.04 Å². The van der Waals surface area contributed by atoms with E-state index in [2.05, 4.69) is 5.43 Å². The van der Waals surface area contributed by atoms with Crippen LogP contribution in [0, 0.1) is 5.82 Å². The van der Waals surface area contributed by atoms with Gasteiger partial charge in [-0.1, -0.05) is 29.8 Å². The molecule has 0 radical (unpaired) electrons. The number of hydrogen-bond donors (Lipinski definition) is 2. The molecule has 0 aliphatic heterocycles. The van der Waals surface area contributed by atoms with E-state index in [0.29, 0.717) is 17.2 Å². The number of nitrogens with one attached hydrogen (secondary N) is 1. The molecule has 112 valence electrons. The summed E-state index contributed by atoms with van der Waals surface area (Å²) < 4.78 is 19.0. The summed E-state index contributed by atoms with van der Waals surface area (Å²) in [5.41, 5.74) is 3.58. The summed E-state index contributed by atoms with van der Waals surface area (Å²) in [5.74, 6) is 6.01. The maximum absolute atomic E-state index is 13.2. The highest BCUT2D eigenvalue weighted by molar-refractivity contribution is 6.30. The highest BCUT2D eigenvalue weighted by Gasteiger charge is 2.18. The van der Waals surface area contributed by atoms with Gasteiger partial charge in [0.25, 0.3) is 0 Å². The van der Waals surface area contributed by atoms with E-state index in [4.69, 9.17) is 22.2 Å². The van der Waals surface area contributed by atoms with Crippen molar-refractivity contribution in [2.24, 2.45) is 5.84 Å². The van der Waals surface area contributed by atoms with Gasteiger partial charge >= 0.3 is 0 Å². The molecule has 0 aromatic heterocycles. The first kappa shape index (κ1) is 15.8. The summed E-state index contributed by atoms with van der Waals surface area (Å²) >= 11 is 5.93. The Morgan fingerprint density at radius 1 is 1.24 bits per heavy atom. The van der Waals surface area contributed by atoms with Crippen LogP contribution in [0.2, 0.25) is 5.02 Å². The molecule has 0 fully saturated rings. The Hall–Kier alpha value is -1.62. The first-order chi connectivity index (χ1) is 10.1. The average molecular weight is 309 g/mol. The molecule has 0 heterocycles. The number of rotatable bonds is 6. The Kier molecular flexibility index (Phi) is 5.56. The van der Waals surface area contributed by atoms with Crippen LogP contribution in [0.25, 0.3) is 0 Å². The Balaban J connectivity index is 2.03. The van der Waals surface area contributed by atoms with E-state index in [1.807, 2.05) is 25.1 Å². The molecule has 0 spiro atoms. The Morgan fingerprint density at radius 2 is 2.00 bits per heavy atom. The zero-order chi connectivity index (χ0) is 15.2. The van der Waals surface area contributed by atoms with Crippen LogP contribution in [0.5, 0.6) is 5.75 Å². The molecule has 0 aliphatic carbocycles. The van der Waals surface area contributed by atoms with Crippen LogP contribution in [0.15, 0.2) is 48.5 Å². The third-order valence-corrected chi connectivity index (χ3v) is 3.48. The summed E-state index contributed by atoms with van der Waals surface area (Å²) in [5, 5.41) is 0.613. The minimum atomic E-state index is -0.258. The van der Waals surface area contributed by atoms with Gasteiger partial charge in [0, 0.05) is 5.02 Å². The van der Waals surface area contributed by atoms with Crippen molar-refractivity contribution >= 4 is 11.6 Å². The van der Waals surface area contributed by atoms with Crippen LogP contribution in [0.4, 0.5) is 4.39 Å². The third kappa shape index (κ3) is 4.70. The Bertz CT molecular complexity index is 594. The fourth-order valence-electron chi connectivity index (χ4n) is 2.12. The first-order valence-corrected chi connectivity index (χ1v) is 7.09. The summed E-state index contributed by atoms with van der Waals surface area (Å²) in [6.07, 6.45) is 0.368.